The second kappa shape index (κ2) is 6.29. The molecular weight excluding hydrogens is 312 g/mol. The van der Waals surface area contributed by atoms with E-state index in [1.54, 1.807) is 12.3 Å². The van der Waals surface area contributed by atoms with Crippen LogP contribution >= 0.6 is 28.7 Å². The normalized spacial score (nSPS) is 10.6. The van der Waals surface area contributed by atoms with Gasteiger partial charge in [0.25, 0.3) is 0 Å². The molecule has 1 heterocycles. The van der Waals surface area contributed by atoms with E-state index in [1.807, 2.05) is 6.07 Å². The molecule has 3 nitrogen and oxygen atoms in total. The highest BCUT2D eigenvalue weighted by Gasteiger charge is 2.08. The predicted octanol–water partition coefficient (Wildman–Crippen LogP) is 3.87. The highest BCUT2D eigenvalue weighted by atomic mass is 79.9. The Bertz CT molecular complexity index is 527. The SMILES string of the molecule is CCCc1cccc(Br)c1COc1ccn(S)n1. The van der Waals surface area contributed by atoms with Gasteiger partial charge in [-0.2, -0.15) is 0 Å². The smallest absolute Gasteiger partial charge is 0.234 e. The van der Waals surface area contributed by atoms with E-state index in [0.29, 0.717) is 12.5 Å². The van der Waals surface area contributed by atoms with Crippen LogP contribution in [0.4, 0.5) is 0 Å². The van der Waals surface area contributed by atoms with Crippen molar-refractivity contribution < 1.29 is 4.74 Å². The van der Waals surface area contributed by atoms with Gasteiger partial charge >= 0.3 is 0 Å². The molecule has 2 rings (SSSR count). The number of ether oxygens (including phenoxy) is 1. The van der Waals surface area contributed by atoms with Gasteiger partial charge in [0.05, 0.1) is 0 Å². The fourth-order valence-corrected chi connectivity index (χ4v) is 2.47. The van der Waals surface area contributed by atoms with Gasteiger partial charge in [0.1, 0.15) is 6.61 Å². The Kier molecular flexibility index (Phi) is 4.72. The predicted molar refractivity (Wildman–Crippen MR) is 79.1 cm³/mol. The first kappa shape index (κ1) is 13.5. The molecule has 0 aliphatic carbocycles. The molecular formula is C13H15BrN2OS. The van der Waals surface area contributed by atoms with Crippen LogP contribution in [0, 0.1) is 0 Å². The van der Waals surface area contributed by atoms with Crippen LogP contribution < -0.4 is 4.74 Å². The lowest BCUT2D eigenvalue weighted by atomic mass is 10.0. The molecule has 0 fully saturated rings. The second-order valence-corrected chi connectivity index (χ2v) is 5.25. The van der Waals surface area contributed by atoms with E-state index in [1.165, 1.54) is 15.2 Å². The number of hydrogen-bond acceptors (Lipinski definition) is 3. The van der Waals surface area contributed by atoms with Crippen LogP contribution in [-0.2, 0) is 13.0 Å². The topological polar surface area (TPSA) is 27.1 Å². The van der Waals surface area contributed by atoms with Gasteiger partial charge in [-0.15, -0.1) is 5.10 Å². The fraction of sp³-hybridized carbons (Fsp3) is 0.308. The first-order valence-electron chi connectivity index (χ1n) is 5.84. The highest BCUT2D eigenvalue weighted by Crippen LogP contribution is 2.23. The Labute approximate surface area is 121 Å². The number of benzene rings is 1. The van der Waals surface area contributed by atoms with E-state index in [2.05, 4.69) is 52.9 Å². The number of aromatic nitrogens is 2. The van der Waals surface area contributed by atoms with Crippen molar-refractivity contribution in [1.82, 2.24) is 9.19 Å². The van der Waals surface area contributed by atoms with Gasteiger partial charge in [-0.05, 0) is 30.9 Å². The molecule has 0 radical (unpaired) electrons. The molecule has 1 aromatic heterocycles. The number of hydrogen-bond donors (Lipinski definition) is 1. The summed E-state index contributed by atoms with van der Waals surface area (Å²) in [7, 11) is 0. The van der Waals surface area contributed by atoms with Crippen LogP contribution in [0.5, 0.6) is 5.88 Å². The zero-order valence-corrected chi connectivity index (χ0v) is 12.6. The average molecular weight is 327 g/mol. The summed E-state index contributed by atoms with van der Waals surface area (Å²) >= 11 is 7.65. The molecule has 18 heavy (non-hydrogen) atoms. The molecule has 0 bridgehead atoms. The molecule has 0 aliphatic heterocycles. The number of thiol groups is 1. The van der Waals surface area contributed by atoms with Gasteiger partial charge in [-0.25, -0.2) is 4.09 Å². The zero-order chi connectivity index (χ0) is 13.0. The molecule has 0 aliphatic rings. The van der Waals surface area contributed by atoms with Gasteiger partial charge in [0, 0.05) is 22.3 Å². The summed E-state index contributed by atoms with van der Waals surface area (Å²) in [6, 6.07) is 8.03. The molecule has 96 valence electrons. The summed E-state index contributed by atoms with van der Waals surface area (Å²) in [4.78, 5) is 0. The number of halogens is 1. The molecule has 0 amide bonds. The first-order chi connectivity index (χ1) is 8.70. The molecule has 5 heteroatoms. The van der Waals surface area contributed by atoms with Crippen molar-refractivity contribution in [2.45, 2.75) is 26.4 Å². The first-order valence-corrected chi connectivity index (χ1v) is 7.04. The lowest BCUT2D eigenvalue weighted by Gasteiger charge is -2.11. The lowest BCUT2D eigenvalue weighted by molar-refractivity contribution is 0.291. The third-order valence-corrected chi connectivity index (χ3v) is 3.62. The molecule has 0 saturated carbocycles. The largest absolute Gasteiger partial charge is 0.472 e. The summed E-state index contributed by atoms with van der Waals surface area (Å²) in [6.07, 6.45) is 3.92. The molecule has 0 atom stereocenters. The summed E-state index contributed by atoms with van der Waals surface area (Å²) in [5.74, 6) is 0.586. The van der Waals surface area contributed by atoms with Gasteiger partial charge in [-0.1, -0.05) is 41.4 Å². The van der Waals surface area contributed by atoms with E-state index in [9.17, 15) is 0 Å². The Morgan fingerprint density at radius 2 is 2.22 bits per heavy atom. The van der Waals surface area contributed by atoms with Gasteiger partial charge < -0.3 is 4.74 Å². The van der Waals surface area contributed by atoms with Crippen molar-refractivity contribution in [1.29, 1.82) is 0 Å². The van der Waals surface area contributed by atoms with Crippen molar-refractivity contribution in [3.8, 4) is 5.88 Å². The minimum absolute atomic E-state index is 0.515. The van der Waals surface area contributed by atoms with Gasteiger partial charge in [-0.3, -0.25) is 0 Å². The van der Waals surface area contributed by atoms with Gasteiger partial charge in [0.2, 0.25) is 5.88 Å². The Morgan fingerprint density at radius 1 is 1.39 bits per heavy atom. The third kappa shape index (κ3) is 3.29. The minimum atomic E-state index is 0.515. The monoisotopic (exact) mass is 326 g/mol. The van der Waals surface area contributed by atoms with E-state index < -0.39 is 0 Å². The van der Waals surface area contributed by atoms with Crippen molar-refractivity contribution in [3.63, 3.8) is 0 Å². The summed E-state index contributed by atoms with van der Waals surface area (Å²) in [6.45, 7) is 2.69. The molecule has 0 unspecified atom stereocenters. The van der Waals surface area contributed by atoms with Crippen LogP contribution in [0.15, 0.2) is 34.9 Å². The van der Waals surface area contributed by atoms with Crippen molar-refractivity contribution >= 4 is 28.7 Å². The minimum Gasteiger partial charge on any atom is -0.472 e. The van der Waals surface area contributed by atoms with Crippen LogP contribution in [0.1, 0.15) is 24.5 Å². The molecule has 1 aromatic carbocycles. The number of rotatable bonds is 5. The number of aryl methyl sites for hydroxylation is 1. The lowest BCUT2D eigenvalue weighted by Crippen LogP contribution is -2.02. The Balaban J connectivity index is 2.12. The average Bonchev–Trinajstić information content (AvgIpc) is 2.75. The van der Waals surface area contributed by atoms with Gasteiger partial charge in [0.15, 0.2) is 0 Å². The standard InChI is InChI=1S/C13H15BrN2OS/c1-2-4-10-5-3-6-12(14)11(10)9-17-13-7-8-16(18)15-13/h3,5-8,18H,2,4,9H2,1H3. The summed E-state index contributed by atoms with van der Waals surface area (Å²) in [5, 5.41) is 4.07. The third-order valence-electron chi connectivity index (χ3n) is 2.65. The maximum atomic E-state index is 5.67. The quantitative estimate of drug-likeness (QED) is 0.844. The maximum Gasteiger partial charge on any atom is 0.234 e. The molecule has 0 saturated heterocycles. The number of nitrogens with zero attached hydrogens (tertiary/aromatic N) is 2. The van der Waals surface area contributed by atoms with Crippen LogP contribution in [-0.4, -0.2) is 9.19 Å². The fourth-order valence-electron chi connectivity index (χ4n) is 1.79. The van der Waals surface area contributed by atoms with Crippen molar-refractivity contribution in [2.75, 3.05) is 0 Å². The van der Waals surface area contributed by atoms with E-state index in [4.69, 9.17) is 4.74 Å². The Hall–Kier alpha value is -0.940. The van der Waals surface area contributed by atoms with Crippen LogP contribution in [0.25, 0.3) is 0 Å². The Morgan fingerprint density at radius 3 is 2.89 bits per heavy atom. The maximum absolute atomic E-state index is 5.67. The van der Waals surface area contributed by atoms with Crippen molar-refractivity contribution in [3.05, 3.63) is 46.1 Å². The molecule has 0 spiro atoms. The molecule has 0 N–H and O–H groups in total. The van der Waals surface area contributed by atoms with E-state index >= 15 is 0 Å². The summed E-state index contributed by atoms with van der Waals surface area (Å²) in [5.41, 5.74) is 2.50. The zero-order valence-electron chi connectivity index (χ0n) is 10.1. The highest BCUT2D eigenvalue weighted by molar-refractivity contribution is 9.10. The van der Waals surface area contributed by atoms with E-state index in [0.717, 1.165) is 17.3 Å². The van der Waals surface area contributed by atoms with Crippen LogP contribution in [0.3, 0.4) is 0 Å². The summed E-state index contributed by atoms with van der Waals surface area (Å²) < 4.78 is 8.18. The van der Waals surface area contributed by atoms with Crippen molar-refractivity contribution in [2.24, 2.45) is 0 Å². The second-order valence-electron chi connectivity index (χ2n) is 3.99. The molecule has 2 aromatic rings. The van der Waals surface area contributed by atoms with E-state index in [-0.39, 0.29) is 0 Å². The van der Waals surface area contributed by atoms with Crippen LogP contribution in [0.2, 0.25) is 0 Å².